The van der Waals surface area contributed by atoms with Crippen LogP contribution in [0, 0.1) is 6.92 Å². The van der Waals surface area contributed by atoms with Gasteiger partial charge in [-0.2, -0.15) is 0 Å². The van der Waals surface area contributed by atoms with Gasteiger partial charge >= 0.3 is 5.97 Å². The molecule has 0 saturated heterocycles. The van der Waals surface area contributed by atoms with Crippen molar-refractivity contribution in [3.8, 4) is 27.4 Å². The number of hydrogen-bond acceptors (Lipinski definition) is 6. The zero-order valence-corrected chi connectivity index (χ0v) is 14.6. The minimum atomic E-state index is -2.79. The maximum atomic E-state index is 13.1. The molecule has 0 unspecified atom stereocenters. The van der Waals surface area contributed by atoms with Crippen molar-refractivity contribution in [2.24, 2.45) is 0 Å². The highest BCUT2D eigenvalue weighted by Gasteiger charge is 2.20. The number of rotatable bonds is 5. The van der Waals surface area contributed by atoms with Crippen molar-refractivity contribution in [1.82, 2.24) is 15.2 Å². The SMILES string of the molecule is COc1cnc(C(F)F)cc1-c1cc(-c2nnc(C)s2)ccc1C(=O)O. The highest BCUT2D eigenvalue weighted by molar-refractivity contribution is 7.14. The Balaban J connectivity index is 2.25. The second-order valence-corrected chi connectivity index (χ2v) is 6.48. The summed E-state index contributed by atoms with van der Waals surface area (Å²) in [5, 5.41) is 18.8. The first-order valence-corrected chi connectivity index (χ1v) is 8.22. The molecule has 0 fully saturated rings. The molecule has 0 radical (unpaired) electrons. The van der Waals surface area contributed by atoms with Crippen LogP contribution in [-0.2, 0) is 0 Å². The fourth-order valence-electron chi connectivity index (χ4n) is 2.45. The lowest BCUT2D eigenvalue weighted by Gasteiger charge is -2.13. The number of carboxylic acids is 1. The van der Waals surface area contributed by atoms with Gasteiger partial charge < -0.3 is 9.84 Å². The third kappa shape index (κ3) is 3.38. The zero-order chi connectivity index (χ0) is 18.8. The molecule has 0 amide bonds. The Hall–Kier alpha value is -2.94. The van der Waals surface area contributed by atoms with Crippen molar-refractivity contribution in [2.45, 2.75) is 13.3 Å². The number of ether oxygens (including phenoxy) is 1. The smallest absolute Gasteiger partial charge is 0.336 e. The van der Waals surface area contributed by atoms with Crippen LogP contribution in [0.25, 0.3) is 21.7 Å². The summed E-state index contributed by atoms with van der Waals surface area (Å²) < 4.78 is 31.3. The number of alkyl halides is 2. The van der Waals surface area contributed by atoms with Crippen molar-refractivity contribution in [2.75, 3.05) is 7.11 Å². The number of nitrogens with zero attached hydrogens (tertiary/aromatic N) is 3. The number of methoxy groups -OCH3 is 1. The minimum absolute atomic E-state index is 0.0419. The van der Waals surface area contributed by atoms with E-state index in [1.165, 1.54) is 24.5 Å². The van der Waals surface area contributed by atoms with Gasteiger partial charge in [-0.05, 0) is 25.1 Å². The Morgan fingerprint density at radius 3 is 2.58 bits per heavy atom. The number of hydrogen-bond donors (Lipinski definition) is 1. The summed E-state index contributed by atoms with van der Waals surface area (Å²) in [6.07, 6.45) is -1.63. The first-order chi connectivity index (χ1) is 12.4. The largest absolute Gasteiger partial charge is 0.494 e. The summed E-state index contributed by atoms with van der Waals surface area (Å²) in [4.78, 5) is 15.3. The van der Waals surface area contributed by atoms with E-state index in [0.29, 0.717) is 10.6 Å². The van der Waals surface area contributed by atoms with Crippen LogP contribution in [0.3, 0.4) is 0 Å². The number of pyridine rings is 1. The molecule has 0 saturated carbocycles. The Morgan fingerprint density at radius 1 is 1.23 bits per heavy atom. The van der Waals surface area contributed by atoms with E-state index in [9.17, 15) is 18.7 Å². The van der Waals surface area contributed by atoms with Gasteiger partial charge in [0.05, 0.1) is 18.9 Å². The Bertz CT molecular complexity index is 976. The average Bonchev–Trinajstić information content (AvgIpc) is 3.06. The van der Waals surface area contributed by atoms with E-state index in [1.807, 2.05) is 0 Å². The van der Waals surface area contributed by atoms with Crippen molar-refractivity contribution >= 4 is 17.3 Å². The fourth-order valence-corrected chi connectivity index (χ4v) is 3.14. The Kier molecular flexibility index (Phi) is 4.90. The first kappa shape index (κ1) is 17.9. The molecule has 1 aromatic carbocycles. The monoisotopic (exact) mass is 377 g/mol. The third-order valence-electron chi connectivity index (χ3n) is 3.65. The number of aryl methyl sites for hydroxylation is 1. The van der Waals surface area contributed by atoms with Gasteiger partial charge in [-0.15, -0.1) is 10.2 Å². The lowest BCUT2D eigenvalue weighted by Crippen LogP contribution is -2.02. The van der Waals surface area contributed by atoms with Crippen LogP contribution in [0.15, 0.2) is 30.5 Å². The van der Waals surface area contributed by atoms with Crippen LogP contribution in [0.2, 0.25) is 0 Å². The third-order valence-corrected chi connectivity index (χ3v) is 4.53. The highest BCUT2D eigenvalue weighted by Crippen LogP contribution is 2.37. The topological polar surface area (TPSA) is 85.2 Å². The molecule has 0 aliphatic carbocycles. The Labute approximate surface area is 151 Å². The van der Waals surface area contributed by atoms with E-state index in [0.717, 1.165) is 17.3 Å². The molecular weight excluding hydrogens is 364 g/mol. The van der Waals surface area contributed by atoms with Crippen LogP contribution in [0.5, 0.6) is 5.75 Å². The summed E-state index contributed by atoms with van der Waals surface area (Å²) in [7, 11) is 1.36. The number of halogens is 2. The molecule has 9 heteroatoms. The second kappa shape index (κ2) is 7.12. The van der Waals surface area contributed by atoms with E-state index >= 15 is 0 Å². The second-order valence-electron chi connectivity index (χ2n) is 5.30. The maximum absolute atomic E-state index is 13.1. The van der Waals surface area contributed by atoms with E-state index in [4.69, 9.17) is 4.74 Å². The van der Waals surface area contributed by atoms with Gasteiger partial charge in [-0.1, -0.05) is 17.4 Å². The molecule has 0 spiro atoms. The number of aromatic carboxylic acids is 1. The summed E-state index contributed by atoms with van der Waals surface area (Å²) in [6, 6.07) is 5.73. The molecule has 26 heavy (non-hydrogen) atoms. The van der Waals surface area contributed by atoms with Crippen molar-refractivity contribution in [3.05, 3.63) is 46.7 Å². The van der Waals surface area contributed by atoms with Gasteiger partial charge in [-0.3, -0.25) is 4.98 Å². The molecule has 2 aromatic heterocycles. The molecule has 6 nitrogen and oxygen atoms in total. The molecule has 0 bridgehead atoms. The van der Waals surface area contributed by atoms with Crippen LogP contribution in [0.1, 0.15) is 27.5 Å². The first-order valence-electron chi connectivity index (χ1n) is 7.41. The lowest BCUT2D eigenvalue weighted by molar-refractivity contribution is 0.0697. The van der Waals surface area contributed by atoms with Crippen LogP contribution < -0.4 is 4.74 Å². The fraction of sp³-hybridized carbons (Fsp3) is 0.176. The van der Waals surface area contributed by atoms with E-state index in [2.05, 4.69) is 15.2 Å². The molecule has 3 aromatic rings. The molecule has 3 rings (SSSR count). The molecule has 134 valence electrons. The summed E-state index contributed by atoms with van der Waals surface area (Å²) >= 11 is 1.34. The van der Waals surface area contributed by atoms with Gasteiger partial charge in [0.2, 0.25) is 0 Å². The van der Waals surface area contributed by atoms with E-state index in [-0.39, 0.29) is 22.4 Å². The van der Waals surface area contributed by atoms with Gasteiger partial charge in [0.25, 0.3) is 6.43 Å². The van der Waals surface area contributed by atoms with E-state index < -0.39 is 18.1 Å². The standard InChI is InChI=1S/C17H13F2N3O3S/c1-8-21-22-16(26-8)9-3-4-10(17(23)24)11(5-9)12-6-13(15(18)19)20-7-14(12)25-2/h3-7,15H,1-2H3,(H,23,24). The van der Waals surface area contributed by atoms with Crippen molar-refractivity contribution < 1.29 is 23.4 Å². The lowest BCUT2D eigenvalue weighted by atomic mass is 9.96. The quantitative estimate of drug-likeness (QED) is 0.717. The number of carbonyl (C=O) groups is 1. The maximum Gasteiger partial charge on any atom is 0.336 e. The van der Waals surface area contributed by atoms with Crippen LogP contribution >= 0.6 is 11.3 Å². The predicted octanol–water partition coefficient (Wildman–Crippen LogP) is 4.22. The average molecular weight is 377 g/mol. The van der Waals surface area contributed by atoms with Gasteiger partial charge in [0.15, 0.2) is 0 Å². The molecule has 0 aliphatic rings. The molecule has 0 aliphatic heterocycles. The van der Waals surface area contributed by atoms with Gasteiger partial charge in [0, 0.05) is 16.7 Å². The molecule has 1 N–H and O–H groups in total. The van der Waals surface area contributed by atoms with Crippen molar-refractivity contribution in [3.63, 3.8) is 0 Å². The summed E-state index contributed by atoms with van der Waals surface area (Å²) in [6.45, 7) is 1.80. The normalized spacial score (nSPS) is 11.0. The minimum Gasteiger partial charge on any atom is -0.494 e. The molecular formula is C17H13F2N3O3S. The number of aromatic nitrogens is 3. The van der Waals surface area contributed by atoms with E-state index in [1.54, 1.807) is 19.1 Å². The Morgan fingerprint density at radius 2 is 2.00 bits per heavy atom. The highest BCUT2D eigenvalue weighted by atomic mass is 32.1. The number of carboxylic acid groups (broad SMARTS) is 1. The number of benzene rings is 1. The van der Waals surface area contributed by atoms with Crippen LogP contribution in [0.4, 0.5) is 8.78 Å². The van der Waals surface area contributed by atoms with Gasteiger partial charge in [-0.25, -0.2) is 13.6 Å². The zero-order valence-electron chi connectivity index (χ0n) is 13.7. The van der Waals surface area contributed by atoms with Crippen molar-refractivity contribution in [1.29, 1.82) is 0 Å². The molecule has 0 atom stereocenters. The summed E-state index contributed by atoms with van der Waals surface area (Å²) in [5.41, 5.74) is 0.587. The summed E-state index contributed by atoms with van der Waals surface area (Å²) in [5.74, 6) is -0.986. The predicted molar refractivity (Wildman–Crippen MR) is 91.8 cm³/mol. The molecule has 2 heterocycles. The van der Waals surface area contributed by atoms with Gasteiger partial charge in [0.1, 0.15) is 21.5 Å². The van der Waals surface area contributed by atoms with Crippen LogP contribution in [-0.4, -0.2) is 33.4 Å².